The number of hydrogen-bond donors (Lipinski definition) is 1. The van der Waals surface area contributed by atoms with Crippen molar-refractivity contribution in [3.63, 3.8) is 0 Å². The van der Waals surface area contributed by atoms with E-state index in [2.05, 4.69) is 11.4 Å². The van der Waals surface area contributed by atoms with E-state index < -0.39 is 0 Å². The van der Waals surface area contributed by atoms with Crippen molar-refractivity contribution in [2.75, 3.05) is 20.8 Å². The van der Waals surface area contributed by atoms with Crippen LogP contribution in [0.2, 0.25) is 0 Å². The van der Waals surface area contributed by atoms with Crippen molar-refractivity contribution in [2.45, 2.75) is 12.5 Å². The minimum Gasteiger partial charge on any atom is -0.493 e. The number of methoxy groups -OCH3 is 2. The van der Waals surface area contributed by atoms with Gasteiger partial charge in [-0.15, -0.1) is 12.4 Å². The van der Waals surface area contributed by atoms with Crippen molar-refractivity contribution in [3.8, 4) is 11.5 Å². The third-order valence-electron chi connectivity index (χ3n) is 2.63. The lowest BCUT2D eigenvalue weighted by molar-refractivity contribution is 0.328. The minimum atomic E-state index is 0. The first-order valence-electron chi connectivity index (χ1n) is 4.81. The van der Waals surface area contributed by atoms with E-state index in [4.69, 9.17) is 9.47 Å². The maximum absolute atomic E-state index is 5.36. The van der Waals surface area contributed by atoms with E-state index in [0.29, 0.717) is 6.04 Å². The number of benzene rings is 1. The lowest BCUT2D eigenvalue weighted by atomic mass is 9.97. The molecule has 0 bridgehead atoms. The number of hydrogen-bond acceptors (Lipinski definition) is 3. The van der Waals surface area contributed by atoms with E-state index in [-0.39, 0.29) is 12.4 Å². The topological polar surface area (TPSA) is 30.5 Å². The predicted octanol–water partition coefficient (Wildman–Crippen LogP) is 2.16. The predicted molar refractivity (Wildman–Crippen MR) is 62.2 cm³/mol. The van der Waals surface area contributed by atoms with Gasteiger partial charge in [0.1, 0.15) is 0 Å². The van der Waals surface area contributed by atoms with Gasteiger partial charge in [-0.2, -0.15) is 0 Å². The monoisotopic (exact) mass is 229 g/mol. The number of nitrogens with one attached hydrogen (secondary N) is 1. The Hall–Kier alpha value is -0.930. The average molecular weight is 230 g/mol. The molecule has 0 saturated carbocycles. The van der Waals surface area contributed by atoms with Gasteiger partial charge < -0.3 is 14.8 Å². The van der Waals surface area contributed by atoms with Gasteiger partial charge in [0.15, 0.2) is 11.5 Å². The fourth-order valence-corrected chi connectivity index (χ4v) is 1.74. The van der Waals surface area contributed by atoms with Gasteiger partial charge in [0.25, 0.3) is 0 Å². The summed E-state index contributed by atoms with van der Waals surface area (Å²) in [4.78, 5) is 0. The highest BCUT2D eigenvalue weighted by Gasteiger charge is 2.23. The van der Waals surface area contributed by atoms with E-state index in [0.717, 1.165) is 18.0 Å². The Morgan fingerprint density at radius 1 is 1.27 bits per heavy atom. The zero-order chi connectivity index (χ0) is 9.97. The summed E-state index contributed by atoms with van der Waals surface area (Å²) in [5, 5.41) is 3.35. The molecule has 1 saturated heterocycles. The van der Waals surface area contributed by atoms with Gasteiger partial charge in [0, 0.05) is 11.6 Å². The quantitative estimate of drug-likeness (QED) is 0.862. The van der Waals surface area contributed by atoms with Crippen LogP contribution in [-0.2, 0) is 0 Å². The van der Waals surface area contributed by atoms with Crippen LogP contribution in [-0.4, -0.2) is 20.8 Å². The summed E-state index contributed by atoms with van der Waals surface area (Å²) >= 11 is 0. The molecule has 0 radical (unpaired) electrons. The Labute approximate surface area is 96.2 Å². The molecule has 0 spiro atoms. The van der Waals surface area contributed by atoms with E-state index in [9.17, 15) is 0 Å². The number of ether oxygens (including phenoxy) is 2. The Morgan fingerprint density at radius 2 is 2.00 bits per heavy atom. The molecule has 1 fully saturated rings. The first-order chi connectivity index (χ1) is 6.86. The number of rotatable bonds is 3. The summed E-state index contributed by atoms with van der Waals surface area (Å²) in [6.45, 7) is 1.09. The third-order valence-corrected chi connectivity index (χ3v) is 2.63. The Bertz CT molecular complexity index is 326. The molecule has 1 aliphatic rings. The zero-order valence-electron chi connectivity index (χ0n) is 8.95. The second-order valence-corrected chi connectivity index (χ2v) is 3.38. The van der Waals surface area contributed by atoms with Gasteiger partial charge in [-0.05, 0) is 19.0 Å². The first-order valence-corrected chi connectivity index (χ1v) is 4.81. The molecule has 0 unspecified atom stereocenters. The number of para-hydroxylation sites is 1. The van der Waals surface area contributed by atoms with Crippen LogP contribution in [0.25, 0.3) is 0 Å². The van der Waals surface area contributed by atoms with Crippen molar-refractivity contribution in [3.05, 3.63) is 23.8 Å². The number of halogens is 1. The zero-order valence-corrected chi connectivity index (χ0v) is 9.76. The van der Waals surface area contributed by atoms with E-state index in [1.165, 1.54) is 12.0 Å². The molecular formula is C11H16ClNO2. The van der Waals surface area contributed by atoms with Gasteiger partial charge in [-0.3, -0.25) is 0 Å². The highest BCUT2D eigenvalue weighted by molar-refractivity contribution is 5.85. The molecule has 1 atom stereocenters. The van der Waals surface area contributed by atoms with Crippen LogP contribution in [0, 0.1) is 0 Å². The van der Waals surface area contributed by atoms with Gasteiger partial charge in [0.2, 0.25) is 0 Å². The molecule has 3 nitrogen and oxygen atoms in total. The van der Waals surface area contributed by atoms with E-state index >= 15 is 0 Å². The van der Waals surface area contributed by atoms with Gasteiger partial charge in [-0.25, -0.2) is 0 Å². The van der Waals surface area contributed by atoms with E-state index in [1.54, 1.807) is 14.2 Å². The van der Waals surface area contributed by atoms with Crippen LogP contribution in [0.5, 0.6) is 11.5 Å². The SMILES string of the molecule is COc1cccc([C@@H]2CCN2)c1OC.Cl. The average Bonchev–Trinajstić information content (AvgIpc) is 2.15. The molecule has 84 valence electrons. The summed E-state index contributed by atoms with van der Waals surface area (Å²) in [5.41, 5.74) is 1.19. The molecular weight excluding hydrogens is 214 g/mol. The van der Waals surface area contributed by atoms with Crippen LogP contribution in [0.4, 0.5) is 0 Å². The largest absolute Gasteiger partial charge is 0.493 e. The van der Waals surface area contributed by atoms with Crippen molar-refractivity contribution < 1.29 is 9.47 Å². The Balaban J connectivity index is 0.00000112. The maximum Gasteiger partial charge on any atom is 0.165 e. The second-order valence-electron chi connectivity index (χ2n) is 3.38. The molecule has 4 heteroatoms. The molecule has 1 aromatic carbocycles. The summed E-state index contributed by atoms with van der Waals surface area (Å²) in [6, 6.07) is 6.43. The van der Waals surface area contributed by atoms with Crippen molar-refractivity contribution in [1.29, 1.82) is 0 Å². The van der Waals surface area contributed by atoms with Crippen molar-refractivity contribution in [2.24, 2.45) is 0 Å². The first kappa shape index (κ1) is 12.1. The normalized spacial score (nSPS) is 18.7. The van der Waals surface area contributed by atoms with Crippen molar-refractivity contribution in [1.82, 2.24) is 5.32 Å². The van der Waals surface area contributed by atoms with Crippen LogP contribution in [0.3, 0.4) is 0 Å². The molecule has 15 heavy (non-hydrogen) atoms. The highest BCUT2D eigenvalue weighted by Crippen LogP contribution is 2.37. The summed E-state index contributed by atoms with van der Waals surface area (Å²) in [5.74, 6) is 1.66. The summed E-state index contributed by atoms with van der Waals surface area (Å²) in [7, 11) is 3.34. The summed E-state index contributed by atoms with van der Waals surface area (Å²) in [6.07, 6.45) is 1.17. The second kappa shape index (κ2) is 5.24. The van der Waals surface area contributed by atoms with Crippen LogP contribution in [0.1, 0.15) is 18.0 Å². The van der Waals surface area contributed by atoms with Gasteiger partial charge in [-0.1, -0.05) is 12.1 Å². The van der Waals surface area contributed by atoms with Gasteiger partial charge in [0.05, 0.1) is 14.2 Å². The summed E-state index contributed by atoms with van der Waals surface area (Å²) < 4.78 is 10.6. The highest BCUT2D eigenvalue weighted by atomic mass is 35.5. The molecule has 1 aliphatic heterocycles. The van der Waals surface area contributed by atoms with Crippen LogP contribution >= 0.6 is 12.4 Å². The van der Waals surface area contributed by atoms with Crippen LogP contribution < -0.4 is 14.8 Å². The lowest BCUT2D eigenvalue weighted by Gasteiger charge is -2.29. The maximum atomic E-state index is 5.36. The molecule has 1 N–H and O–H groups in total. The molecule has 0 aromatic heterocycles. The molecule has 0 aliphatic carbocycles. The standard InChI is InChI=1S/C11H15NO2.ClH/c1-13-10-5-3-4-8(11(10)14-2)9-6-7-12-9;/h3-5,9,12H,6-7H2,1-2H3;1H/t9-;/m0./s1. The Kier molecular flexibility index (Phi) is 4.24. The Morgan fingerprint density at radius 3 is 2.47 bits per heavy atom. The lowest BCUT2D eigenvalue weighted by Crippen LogP contribution is -2.35. The molecule has 1 heterocycles. The fraction of sp³-hybridized carbons (Fsp3) is 0.455. The van der Waals surface area contributed by atoms with Crippen molar-refractivity contribution >= 4 is 12.4 Å². The minimum absolute atomic E-state index is 0. The van der Waals surface area contributed by atoms with Crippen LogP contribution in [0.15, 0.2) is 18.2 Å². The fourth-order valence-electron chi connectivity index (χ4n) is 1.74. The van der Waals surface area contributed by atoms with E-state index in [1.807, 2.05) is 12.1 Å². The molecule has 2 rings (SSSR count). The van der Waals surface area contributed by atoms with Gasteiger partial charge >= 0.3 is 0 Å². The smallest absolute Gasteiger partial charge is 0.165 e. The third kappa shape index (κ3) is 2.19. The molecule has 0 amide bonds. The molecule has 1 aromatic rings.